The maximum Gasteiger partial charge on any atom is 0.451 e. The quantitative estimate of drug-likeness (QED) is 0.646. The molecule has 1 amide bonds. The Bertz CT molecular complexity index is 626. The molecule has 0 saturated carbocycles. The van der Waals surface area contributed by atoms with E-state index < -0.39 is 45.8 Å². The lowest BCUT2D eigenvalue weighted by atomic mass is 10.1. The lowest BCUT2D eigenvalue weighted by Gasteiger charge is -2.10. The Morgan fingerprint density at radius 2 is 2.05 bits per heavy atom. The second-order valence-electron chi connectivity index (χ2n) is 4.26. The van der Waals surface area contributed by atoms with E-state index >= 15 is 0 Å². The number of rotatable bonds is 3. The van der Waals surface area contributed by atoms with Crippen LogP contribution < -0.4 is 4.90 Å². The van der Waals surface area contributed by atoms with Crippen LogP contribution in [-0.2, 0) is 21.2 Å². The van der Waals surface area contributed by atoms with Crippen molar-refractivity contribution in [2.24, 2.45) is 5.92 Å². The van der Waals surface area contributed by atoms with E-state index in [-0.39, 0.29) is 13.0 Å². The molecule has 0 radical (unpaired) electrons. The first-order valence-corrected chi connectivity index (χ1v) is 6.84. The fraction of sp³-hybridized carbons (Fsp3) is 0.625. The summed E-state index contributed by atoms with van der Waals surface area (Å²) in [7, 11) is -4.76. The normalized spacial score (nSPS) is 20.7. The molecule has 1 aromatic rings. The number of halogens is 4. The van der Waals surface area contributed by atoms with Crippen molar-refractivity contribution in [3.63, 3.8) is 0 Å². The third kappa shape index (κ3) is 3.23. The highest BCUT2D eigenvalue weighted by molar-refractivity contribution is 7.86. The predicted molar refractivity (Wildman–Crippen MR) is 56.7 cm³/mol. The van der Waals surface area contributed by atoms with Crippen LogP contribution in [0.25, 0.3) is 0 Å². The number of hydrogen-bond donors (Lipinski definition) is 1. The van der Waals surface area contributed by atoms with E-state index in [2.05, 4.69) is 10.1 Å². The van der Waals surface area contributed by atoms with Crippen molar-refractivity contribution in [1.29, 1.82) is 0 Å². The Labute approximate surface area is 110 Å². The van der Waals surface area contributed by atoms with Crippen LogP contribution in [0.1, 0.15) is 12.2 Å². The van der Waals surface area contributed by atoms with E-state index in [0.717, 1.165) is 4.90 Å². The molecule has 1 aromatic heterocycles. The molecule has 0 spiro atoms. The number of carbonyl (C=O) groups excluding carboxylic acids is 1. The molecule has 1 saturated heterocycles. The van der Waals surface area contributed by atoms with Gasteiger partial charge in [-0.3, -0.25) is 14.8 Å². The molecule has 12 heteroatoms. The summed E-state index contributed by atoms with van der Waals surface area (Å²) in [5.74, 6) is -4.26. The van der Waals surface area contributed by atoms with Gasteiger partial charge in [-0.25, -0.2) is 0 Å². The second-order valence-corrected chi connectivity index (χ2v) is 5.67. The molecule has 0 aromatic carbocycles. The van der Waals surface area contributed by atoms with Crippen LogP contribution in [0.15, 0.2) is 0 Å². The number of anilines is 1. The van der Waals surface area contributed by atoms with Gasteiger partial charge in [-0.05, 0) is 0 Å². The van der Waals surface area contributed by atoms with Crippen LogP contribution in [0.2, 0.25) is 0 Å². The van der Waals surface area contributed by atoms with Gasteiger partial charge in [0.2, 0.25) is 11.7 Å². The van der Waals surface area contributed by atoms with Crippen molar-refractivity contribution in [1.82, 2.24) is 15.2 Å². The van der Waals surface area contributed by atoms with Crippen molar-refractivity contribution in [3.8, 4) is 0 Å². The summed E-state index contributed by atoms with van der Waals surface area (Å²) in [5.41, 5.74) is 0. The zero-order valence-corrected chi connectivity index (χ0v) is 10.5. The highest BCUT2D eigenvalue weighted by Gasteiger charge is 2.39. The topological polar surface area (TPSA) is 96.0 Å². The van der Waals surface area contributed by atoms with E-state index in [4.69, 9.17) is 0 Å². The molecular weight excluding hydrogens is 308 g/mol. The minimum absolute atomic E-state index is 0.253. The predicted octanol–water partition coefficient (Wildman–Crippen LogP) is 0.476. The van der Waals surface area contributed by atoms with E-state index in [1.54, 1.807) is 5.10 Å². The standard InChI is InChI=1S/C8H8F4N4O3S/c9-8(10,11)6-13-7(15-14-6)16-2-4(1-5(16)17)3-20(12,18)19/h4H,1-3H2,(H,13,14,15). The number of nitrogens with one attached hydrogen (secondary N) is 1. The van der Waals surface area contributed by atoms with Crippen molar-refractivity contribution < 1.29 is 30.3 Å². The van der Waals surface area contributed by atoms with Gasteiger partial charge in [-0.1, -0.05) is 0 Å². The van der Waals surface area contributed by atoms with Gasteiger partial charge in [0.1, 0.15) is 0 Å². The Kier molecular flexibility index (Phi) is 3.44. The van der Waals surface area contributed by atoms with Gasteiger partial charge in [0, 0.05) is 18.9 Å². The molecule has 0 bridgehead atoms. The molecule has 1 N–H and O–H groups in total. The van der Waals surface area contributed by atoms with Gasteiger partial charge in [-0.15, -0.1) is 8.98 Å². The fourth-order valence-corrected chi connectivity index (χ4v) is 2.65. The summed E-state index contributed by atoms with van der Waals surface area (Å²) in [4.78, 5) is 15.5. The number of amides is 1. The zero-order valence-electron chi connectivity index (χ0n) is 9.69. The van der Waals surface area contributed by atoms with Crippen LogP contribution in [0.4, 0.5) is 23.0 Å². The van der Waals surface area contributed by atoms with Gasteiger partial charge < -0.3 is 0 Å². The number of H-pyrrole nitrogens is 1. The molecule has 112 valence electrons. The summed E-state index contributed by atoms with van der Waals surface area (Å²) < 4.78 is 70.4. The minimum atomic E-state index is -4.76. The van der Waals surface area contributed by atoms with Crippen LogP contribution in [0.5, 0.6) is 0 Å². The molecule has 2 heterocycles. The minimum Gasteiger partial charge on any atom is -0.279 e. The zero-order chi connectivity index (χ0) is 15.1. The van der Waals surface area contributed by atoms with Gasteiger partial charge in [0.15, 0.2) is 0 Å². The average Bonchev–Trinajstić information content (AvgIpc) is 2.81. The number of hydrogen-bond acceptors (Lipinski definition) is 5. The average molecular weight is 316 g/mol. The Balaban J connectivity index is 2.14. The first kappa shape index (κ1) is 14.7. The van der Waals surface area contributed by atoms with Crippen molar-refractivity contribution in [3.05, 3.63) is 5.82 Å². The second kappa shape index (κ2) is 4.68. The summed E-state index contributed by atoms with van der Waals surface area (Å²) in [5, 5.41) is 4.89. The third-order valence-corrected chi connectivity index (χ3v) is 3.49. The van der Waals surface area contributed by atoms with Crippen LogP contribution in [-0.4, -0.2) is 41.8 Å². The van der Waals surface area contributed by atoms with E-state index in [0.29, 0.717) is 0 Å². The Morgan fingerprint density at radius 3 is 2.55 bits per heavy atom. The maximum absolute atomic E-state index is 12.5. The number of alkyl halides is 3. The molecule has 1 aliphatic rings. The molecule has 20 heavy (non-hydrogen) atoms. The van der Waals surface area contributed by atoms with Gasteiger partial charge >= 0.3 is 16.4 Å². The monoisotopic (exact) mass is 316 g/mol. The van der Waals surface area contributed by atoms with E-state index in [1.807, 2.05) is 0 Å². The summed E-state index contributed by atoms with van der Waals surface area (Å²) in [6, 6.07) is 0. The van der Waals surface area contributed by atoms with Gasteiger partial charge in [0.05, 0.1) is 5.75 Å². The van der Waals surface area contributed by atoms with E-state index in [9.17, 15) is 30.3 Å². The van der Waals surface area contributed by atoms with Gasteiger partial charge in [0.25, 0.3) is 5.95 Å². The summed E-state index contributed by atoms with van der Waals surface area (Å²) in [6.07, 6.45) is -5.03. The lowest BCUT2D eigenvalue weighted by molar-refractivity contribution is -0.144. The molecule has 1 atom stereocenters. The molecular formula is C8H8F4N4O3S. The summed E-state index contributed by atoms with van der Waals surface area (Å²) in [6.45, 7) is -0.253. The van der Waals surface area contributed by atoms with Crippen molar-refractivity contribution >= 4 is 22.1 Å². The first-order valence-electron chi connectivity index (χ1n) is 5.28. The molecule has 1 fully saturated rings. The fourth-order valence-electron chi connectivity index (χ4n) is 1.87. The SMILES string of the molecule is O=C1CC(CS(=O)(=O)F)CN1c1n[nH]c(C(F)(F)F)n1. The summed E-state index contributed by atoms with van der Waals surface area (Å²) >= 11 is 0. The molecule has 7 nitrogen and oxygen atoms in total. The van der Waals surface area contributed by atoms with Crippen LogP contribution in [0, 0.1) is 5.92 Å². The number of aromatic amines is 1. The highest BCUT2D eigenvalue weighted by Crippen LogP contribution is 2.29. The van der Waals surface area contributed by atoms with Crippen LogP contribution in [0.3, 0.4) is 0 Å². The smallest absolute Gasteiger partial charge is 0.279 e. The molecule has 2 rings (SSSR count). The van der Waals surface area contributed by atoms with E-state index in [1.165, 1.54) is 0 Å². The Hall–Kier alpha value is -1.72. The number of carbonyl (C=O) groups is 1. The first-order chi connectivity index (χ1) is 9.06. The van der Waals surface area contributed by atoms with Crippen molar-refractivity contribution in [2.75, 3.05) is 17.2 Å². The highest BCUT2D eigenvalue weighted by atomic mass is 32.3. The third-order valence-electron chi connectivity index (χ3n) is 2.62. The Morgan fingerprint density at radius 1 is 1.40 bits per heavy atom. The molecule has 1 aliphatic heterocycles. The maximum atomic E-state index is 12.5. The van der Waals surface area contributed by atoms with Crippen LogP contribution >= 0.6 is 0 Å². The van der Waals surface area contributed by atoms with Gasteiger partial charge in [-0.2, -0.15) is 26.6 Å². The lowest BCUT2D eigenvalue weighted by Crippen LogP contribution is -2.26. The molecule has 1 unspecified atom stereocenters. The van der Waals surface area contributed by atoms with Crippen molar-refractivity contribution in [2.45, 2.75) is 12.6 Å². The number of aromatic nitrogens is 3. The number of nitrogens with zero attached hydrogens (tertiary/aromatic N) is 3. The molecule has 0 aliphatic carbocycles. The largest absolute Gasteiger partial charge is 0.451 e.